The van der Waals surface area contributed by atoms with Crippen molar-refractivity contribution in [2.75, 3.05) is 13.1 Å². The van der Waals surface area contributed by atoms with Gasteiger partial charge in [-0.3, -0.25) is 4.79 Å². The van der Waals surface area contributed by atoms with Crippen LogP contribution in [0.15, 0.2) is 24.3 Å². The van der Waals surface area contributed by atoms with Crippen LogP contribution < -0.4 is 11.1 Å². The zero-order valence-corrected chi connectivity index (χ0v) is 13.1. The number of carbonyl (C=O) groups is 1. The molecule has 3 nitrogen and oxygen atoms in total. The van der Waals surface area contributed by atoms with E-state index in [2.05, 4.69) is 12.2 Å². The van der Waals surface area contributed by atoms with Crippen molar-refractivity contribution >= 4 is 5.91 Å². The van der Waals surface area contributed by atoms with Gasteiger partial charge in [-0.25, -0.2) is 0 Å². The summed E-state index contributed by atoms with van der Waals surface area (Å²) in [5.41, 5.74) is 7.44. The molecule has 1 aliphatic rings. The molecule has 1 aromatic carbocycles. The number of hydrogen-bond donors (Lipinski definition) is 2. The third-order valence-corrected chi connectivity index (χ3v) is 4.51. The van der Waals surface area contributed by atoms with Crippen LogP contribution in [0.3, 0.4) is 0 Å². The van der Waals surface area contributed by atoms with Crippen LogP contribution in [-0.4, -0.2) is 19.0 Å². The van der Waals surface area contributed by atoms with Gasteiger partial charge in [-0.05, 0) is 55.3 Å². The summed E-state index contributed by atoms with van der Waals surface area (Å²) in [7, 11) is 0. The molecular weight excluding hydrogens is 260 g/mol. The quantitative estimate of drug-likeness (QED) is 0.845. The molecule has 21 heavy (non-hydrogen) atoms. The van der Waals surface area contributed by atoms with E-state index in [0.717, 1.165) is 42.3 Å². The van der Waals surface area contributed by atoms with Crippen LogP contribution in [-0.2, 0) is 6.42 Å². The molecule has 116 valence electrons. The zero-order chi connectivity index (χ0) is 15.1. The van der Waals surface area contributed by atoms with Crippen LogP contribution >= 0.6 is 0 Å². The lowest BCUT2D eigenvalue weighted by molar-refractivity contribution is 0.0949. The Labute approximate surface area is 128 Å². The van der Waals surface area contributed by atoms with E-state index in [1.165, 1.54) is 25.7 Å². The standard InChI is InChI=1S/C18H28N2O/c1-14-4-2-5-16(12-14)9-11-20-18(21)17-7-3-6-15(13-17)8-10-19/h3,6-7,13-14,16H,2,4-5,8-12,19H2,1H3,(H,20,21). The number of amides is 1. The zero-order valence-electron chi connectivity index (χ0n) is 13.1. The highest BCUT2D eigenvalue weighted by molar-refractivity contribution is 5.94. The van der Waals surface area contributed by atoms with Gasteiger partial charge in [-0.2, -0.15) is 0 Å². The Morgan fingerprint density at radius 1 is 1.38 bits per heavy atom. The van der Waals surface area contributed by atoms with Gasteiger partial charge in [-0.1, -0.05) is 38.3 Å². The average molecular weight is 288 g/mol. The third kappa shape index (κ3) is 5.16. The van der Waals surface area contributed by atoms with Crippen molar-refractivity contribution in [2.24, 2.45) is 17.6 Å². The minimum atomic E-state index is 0.0396. The molecule has 0 bridgehead atoms. The van der Waals surface area contributed by atoms with E-state index in [4.69, 9.17) is 5.73 Å². The molecule has 0 aromatic heterocycles. The Balaban J connectivity index is 1.77. The van der Waals surface area contributed by atoms with E-state index >= 15 is 0 Å². The van der Waals surface area contributed by atoms with Crippen molar-refractivity contribution in [1.29, 1.82) is 0 Å². The second-order valence-electron chi connectivity index (χ2n) is 6.42. The van der Waals surface area contributed by atoms with Crippen LogP contribution in [0.25, 0.3) is 0 Å². The van der Waals surface area contributed by atoms with Crippen LogP contribution in [0.1, 0.15) is 54.9 Å². The largest absolute Gasteiger partial charge is 0.352 e. The Hall–Kier alpha value is -1.35. The molecule has 0 heterocycles. The van der Waals surface area contributed by atoms with Gasteiger partial charge in [0.05, 0.1) is 0 Å². The fourth-order valence-corrected chi connectivity index (χ4v) is 3.35. The van der Waals surface area contributed by atoms with Gasteiger partial charge in [0.25, 0.3) is 5.91 Å². The molecule has 0 spiro atoms. The number of nitrogens with two attached hydrogens (primary N) is 1. The van der Waals surface area contributed by atoms with E-state index in [0.29, 0.717) is 6.54 Å². The molecular formula is C18H28N2O. The molecule has 1 aliphatic carbocycles. The summed E-state index contributed by atoms with van der Waals surface area (Å²) in [6.45, 7) is 3.75. The lowest BCUT2D eigenvalue weighted by Crippen LogP contribution is -2.27. The molecule has 1 fully saturated rings. The topological polar surface area (TPSA) is 55.1 Å². The van der Waals surface area contributed by atoms with Gasteiger partial charge in [0, 0.05) is 12.1 Å². The smallest absolute Gasteiger partial charge is 0.251 e. The van der Waals surface area contributed by atoms with E-state index in [1.807, 2.05) is 24.3 Å². The first-order chi connectivity index (χ1) is 10.2. The lowest BCUT2D eigenvalue weighted by atomic mass is 9.81. The molecule has 0 radical (unpaired) electrons. The highest BCUT2D eigenvalue weighted by Gasteiger charge is 2.18. The lowest BCUT2D eigenvalue weighted by Gasteiger charge is -2.26. The number of rotatable bonds is 6. The number of hydrogen-bond acceptors (Lipinski definition) is 2. The molecule has 0 saturated heterocycles. The fraction of sp³-hybridized carbons (Fsp3) is 0.611. The summed E-state index contributed by atoms with van der Waals surface area (Å²) in [6.07, 6.45) is 7.30. The highest BCUT2D eigenvalue weighted by Crippen LogP contribution is 2.30. The van der Waals surface area contributed by atoms with E-state index < -0.39 is 0 Å². The van der Waals surface area contributed by atoms with Gasteiger partial charge in [-0.15, -0.1) is 0 Å². The van der Waals surface area contributed by atoms with Crippen molar-refractivity contribution in [3.05, 3.63) is 35.4 Å². The molecule has 2 unspecified atom stereocenters. The van der Waals surface area contributed by atoms with Gasteiger partial charge in [0.15, 0.2) is 0 Å². The van der Waals surface area contributed by atoms with E-state index in [9.17, 15) is 4.79 Å². The van der Waals surface area contributed by atoms with Gasteiger partial charge < -0.3 is 11.1 Å². The molecule has 2 rings (SSSR count). The molecule has 2 atom stereocenters. The summed E-state index contributed by atoms with van der Waals surface area (Å²) < 4.78 is 0. The number of benzene rings is 1. The van der Waals surface area contributed by atoms with Gasteiger partial charge >= 0.3 is 0 Å². The molecule has 3 N–H and O–H groups in total. The normalized spacial score (nSPS) is 22.0. The average Bonchev–Trinajstić information content (AvgIpc) is 2.48. The van der Waals surface area contributed by atoms with Crippen LogP contribution in [0.4, 0.5) is 0 Å². The monoisotopic (exact) mass is 288 g/mol. The Morgan fingerprint density at radius 2 is 2.24 bits per heavy atom. The summed E-state index contributed by atoms with van der Waals surface area (Å²) in [5, 5.41) is 3.06. The number of nitrogens with one attached hydrogen (secondary N) is 1. The van der Waals surface area contributed by atoms with Gasteiger partial charge in [0.1, 0.15) is 0 Å². The van der Waals surface area contributed by atoms with Crippen LogP contribution in [0, 0.1) is 11.8 Å². The summed E-state index contributed by atoms with van der Waals surface area (Å²) in [6, 6.07) is 7.78. The predicted molar refractivity (Wildman–Crippen MR) is 87.3 cm³/mol. The van der Waals surface area contributed by atoms with Crippen LogP contribution in [0.2, 0.25) is 0 Å². The van der Waals surface area contributed by atoms with Gasteiger partial charge in [0.2, 0.25) is 0 Å². The maximum absolute atomic E-state index is 12.2. The number of carbonyl (C=O) groups excluding carboxylic acids is 1. The van der Waals surface area contributed by atoms with E-state index in [1.54, 1.807) is 0 Å². The first-order valence-corrected chi connectivity index (χ1v) is 8.26. The second-order valence-corrected chi connectivity index (χ2v) is 6.42. The summed E-state index contributed by atoms with van der Waals surface area (Å²) in [4.78, 5) is 12.2. The molecule has 3 heteroatoms. The predicted octanol–water partition coefficient (Wildman–Crippen LogP) is 3.13. The Bertz CT molecular complexity index is 458. The Morgan fingerprint density at radius 3 is 3.00 bits per heavy atom. The first kappa shape index (κ1) is 16.0. The van der Waals surface area contributed by atoms with Crippen molar-refractivity contribution < 1.29 is 4.79 Å². The van der Waals surface area contributed by atoms with Crippen molar-refractivity contribution in [3.63, 3.8) is 0 Å². The minimum Gasteiger partial charge on any atom is -0.352 e. The molecule has 1 aromatic rings. The van der Waals surface area contributed by atoms with E-state index in [-0.39, 0.29) is 5.91 Å². The van der Waals surface area contributed by atoms with Crippen LogP contribution in [0.5, 0.6) is 0 Å². The highest BCUT2D eigenvalue weighted by atomic mass is 16.1. The van der Waals surface area contributed by atoms with Crippen molar-refractivity contribution in [1.82, 2.24) is 5.32 Å². The molecule has 1 saturated carbocycles. The third-order valence-electron chi connectivity index (χ3n) is 4.51. The SMILES string of the molecule is CC1CCCC(CCNC(=O)c2cccc(CCN)c2)C1. The second kappa shape index (κ2) is 8.18. The fourth-order valence-electron chi connectivity index (χ4n) is 3.35. The van der Waals surface area contributed by atoms with Crippen molar-refractivity contribution in [3.8, 4) is 0 Å². The van der Waals surface area contributed by atoms with Crippen molar-refractivity contribution in [2.45, 2.75) is 45.4 Å². The molecule has 0 aliphatic heterocycles. The Kier molecular flexibility index (Phi) is 6.24. The first-order valence-electron chi connectivity index (χ1n) is 8.26. The minimum absolute atomic E-state index is 0.0396. The maximum atomic E-state index is 12.2. The maximum Gasteiger partial charge on any atom is 0.251 e. The molecule has 1 amide bonds. The summed E-state index contributed by atoms with van der Waals surface area (Å²) >= 11 is 0. The summed E-state index contributed by atoms with van der Waals surface area (Å²) in [5.74, 6) is 1.68.